The highest BCUT2D eigenvalue weighted by atomic mass is 19.1. The molecule has 2 amide bonds. The SMILES string of the molecule is CCNC(=O)N(Cc1ccc(F)cc1)C[C@@H]1CC(c2ccccc2)=NO1. The van der Waals surface area contributed by atoms with E-state index in [0.29, 0.717) is 26.1 Å². The second kappa shape index (κ2) is 8.47. The third-order valence-corrected chi connectivity index (χ3v) is 4.17. The topological polar surface area (TPSA) is 53.9 Å². The summed E-state index contributed by atoms with van der Waals surface area (Å²) in [5, 5.41) is 6.99. The summed E-state index contributed by atoms with van der Waals surface area (Å²) in [6, 6.07) is 15.8. The number of nitrogens with one attached hydrogen (secondary N) is 1. The van der Waals surface area contributed by atoms with E-state index in [4.69, 9.17) is 4.84 Å². The van der Waals surface area contributed by atoms with E-state index in [1.807, 2.05) is 37.3 Å². The zero-order chi connectivity index (χ0) is 18.4. The van der Waals surface area contributed by atoms with Gasteiger partial charge in [-0.15, -0.1) is 0 Å². The Morgan fingerprint density at radius 1 is 1.23 bits per heavy atom. The zero-order valence-electron chi connectivity index (χ0n) is 14.7. The summed E-state index contributed by atoms with van der Waals surface area (Å²) >= 11 is 0. The van der Waals surface area contributed by atoms with E-state index >= 15 is 0 Å². The van der Waals surface area contributed by atoms with Crippen LogP contribution in [0, 0.1) is 5.82 Å². The second-order valence-electron chi connectivity index (χ2n) is 6.18. The molecule has 1 aliphatic heterocycles. The van der Waals surface area contributed by atoms with Crippen LogP contribution in [0.5, 0.6) is 0 Å². The van der Waals surface area contributed by atoms with Crippen LogP contribution < -0.4 is 5.32 Å². The number of carbonyl (C=O) groups is 1. The van der Waals surface area contributed by atoms with E-state index in [0.717, 1.165) is 16.8 Å². The molecule has 0 fully saturated rings. The highest BCUT2D eigenvalue weighted by Gasteiger charge is 2.26. The van der Waals surface area contributed by atoms with Gasteiger partial charge in [-0.1, -0.05) is 47.6 Å². The van der Waals surface area contributed by atoms with Crippen LogP contribution in [0.4, 0.5) is 9.18 Å². The second-order valence-corrected chi connectivity index (χ2v) is 6.18. The van der Waals surface area contributed by atoms with Crippen LogP contribution in [0.1, 0.15) is 24.5 Å². The van der Waals surface area contributed by atoms with Gasteiger partial charge in [0.1, 0.15) is 5.82 Å². The molecule has 136 valence electrons. The molecule has 0 spiro atoms. The highest BCUT2D eigenvalue weighted by molar-refractivity contribution is 6.01. The van der Waals surface area contributed by atoms with Gasteiger partial charge in [0.25, 0.3) is 0 Å². The van der Waals surface area contributed by atoms with Crippen molar-refractivity contribution in [3.8, 4) is 0 Å². The van der Waals surface area contributed by atoms with Crippen molar-refractivity contribution >= 4 is 11.7 Å². The number of rotatable bonds is 6. The molecule has 6 heteroatoms. The maximum Gasteiger partial charge on any atom is 0.317 e. The number of carbonyl (C=O) groups excluding carboxylic acids is 1. The Balaban J connectivity index is 1.64. The molecule has 0 saturated carbocycles. The third kappa shape index (κ3) is 4.59. The van der Waals surface area contributed by atoms with Crippen molar-refractivity contribution in [3.63, 3.8) is 0 Å². The maximum absolute atomic E-state index is 13.1. The highest BCUT2D eigenvalue weighted by Crippen LogP contribution is 2.18. The van der Waals surface area contributed by atoms with Crippen LogP contribution in [-0.2, 0) is 11.4 Å². The number of benzene rings is 2. The lowest BCUT2D eigenvalue weighted by atomic mass is 10.0. The van der Waals surface area contributed by atoms with Gasteiger partial charge in [-0.05, 0) is 30.2 Å². The lowest BCUT2D eigenvalue weighted by molar-refractivity contribution is 0.0590. The summed E-state index contributed by atoms with van der Waals surface area (Å²) < 4.78 is 13.1. The fourth-order valence-electron chi connectivity index (χ4n) is 2.87. The minimum absolute atomic E-state index is 0.173. The smallest absolute Gasteiger partial charge is 0.317 e. The third-order valence-electron chi connectivity index (χ3n) is 4.17. The van der Waals surface area contributed by atoms with Crippen molar-refractivity contribution in [1.82, 2.24) is 10.2 Å². The van der Waals surface area contributed by atoms with E-state index in [-0.39, 0.29) is 18.0 Å². The molecule has 0 aliphatic carbocycles. The summed E-state index contributed by atoms with van der Waals surface area (Å²) in [7, 11) is 0. The molecular formula is C20H22FN3O2. The van der Waals surface area contributed by atoms with Gasteiger partial charge in [0.05, 0.1) is 12.3 Å². The lowest BCUT2D eigenvalue weighted by Crippen LogP contribution is -2.43. The first-order valence-electron chi connectivity index (χ1n) is 8.71. The van der Waals surface area contributed by atoms with Crippen molar-refractivity contribution in [2.45, 2.75) is 26.0 Å². The minimum Gasteiger partial charge on any atom is -0.390 e. The van der Waals surface area contributed by atoms with Gasteiger partial charge in [0.2, 0.25) is 0 Å². The largest absolute Gasteiger partial charge is 0.390 e. The molecule has 1 atom stereocenters. The summed E-state index contributed by atoms with van der Waals surface area (Å²) in [6.45, 7) is 3.20. The molecule has 3 rings (SSSR count). The van der Waals surface area contributed by atoms with Crippen LogP contribution >= 0.6 is 0 Å². The first kappa shape index (κ1) is 17.9. The average molecular weight is 355 g/mol. The van der Waals surface area contributed by atoms with Crippen molar-refractivity contribution in [2.24, 2.45) is 5.16 Å². The number of urea groups is 1. The molecule has 1 aliphatic rings. The molecule has 1 heterocycles. The van der Waals surface area contributed by atoms with Gasteiger partial charge in [-0.25, -0.2) is 9.18 Å². The fraction of sp³-hybridized carbons (Fsp3) is 0.300. The number of oxime groups is 1. The maximum atomic E-state index is 13.1. The monoisotopic (exact) mass is 355 g/mol. The summed E-state index contributed by atoms with van der Waals surface area (Å²) in [4.78, 5) is 19.6. The van der Waals surface area contributed by atoms with Gasteiger partial charge >= 0.3 is 6.03 Å². The van der Waals surface area contributed by atoms with Gasteiger partial charge < -0.3 is 15.1 Å². The Morgan fingerprint density at radius 3 is 2.65 bits per heavy atom. The van der Waals surface area contributed by atoms with E-state index in [1.54, 1.807) is 17.0 Å². The average Bonchev–Trinajstić information content (AvgIpc) is 3.12. The number of halogens is 1. The number of nitrogens with zero attached hydrogens (tertiary/aromatic N) is 2. The van der Waals surface area contributed by atoms with Crippen molar-refractivity contribution in [3.05, 3.63) is 71.5 Å². The van der Waals surface area contributed by atoms with E-state index in [1.165, 1.54) is 12.1 Å². The van der Waals surface area contributed by atoms with Gasteiger partial charge in [0.15, 0.2) is 6.10 Å². The Bertz CT molecular complexity index is 762. The molecule has 5 nitrogen and oxygen atoms in total. The molecule has 0 radical (unpaired) electrons. The summed E-state index contributed by atoms with van der Waals surface area (Å²) in [5.74, 6) is -0.293. The van der Waals surface area contributed by atoms with Crippen LogP contribution in [0.15, 0.2) is 59.8 Å². The van der Waals surface area contributed by atoms with Crippen LogP contribution in [0.25, 0.3) is 0 Å². The minimum atomic E-state index is -0.293. The Labute approximate surface area is 152 Å². The quantitative estimate of drug-likeness (QED) is 0.861. The molecule has 2 aromatic rings. The predicted octanol–water partition coefficient (Wildman–Crippen LogP) is 3.55. The Morgan fingerprint density at radius 2 is 1.96 bits per heavy atom. The summed E-state index contributed by atoms with van der Waals surface area (Å²) in [5.41, 5.74) is 2.77. The molecule has 0 bridgehead atoms. The van der Waals surface area contributed by atoms with E-state index in [2.05, 4.69) is 10.5 Å². The summed E-state index contributed by atoms with van der Waals surface area (Å²) in [6.07, 6.45) is 0.442. The van der Waals surface area contributed by atoms with Crippen molar-refractivity contribution in [2.75, 3.05) is 13.1 Å². The van der Waals surface area contributed by atoms with Crippen LogP contribution in [0.2, 0.25) is 0 Å². The van der Waals surface area contributed by atoms with Gasteiger partial charge in [-0.2, -0.15) is 0 Å². The van der Waals surface area contributed by atoms with Gasteiger partial charge in [-0.3, -0.25) is 0 Å². The molecule has 2 aromatic carbocycles. The standard InChI is InChI=1S/C20H22FN3O2/c1-2-22-20(25)24(13-15-8-10-17(21)11-9-15)14-18-12-19(23-26-18)16-6-4-3-5-7-16/h3-11,18H,2,12-14H2,1H3,(H,22,25)/t18-/m0/s1. The number of amides is 2. The zero-order valence-corrected chi connectivity index (χ0v) is 14.7. The Kier molecular flexibility index (Phi) is 5.84. The predicted molar refractivity (Wildman–Crippen MR) is 98.4 cm³/mol. The molecular weight excluding hydrogens is 333 g/mol. The van der Waals surface area contributed by atoms with Gasteiger partial charge in [0, 0.05) is 19.5 Å². The first-order chi connectivity index (χ1) is 12.7. The van der Waals surface area contributed by atoms with Crippen LogP contribution in [-0.4, -0.2) is 35.8 Å². The molecule has 1 N–H and O–H groups in total. The molecule has 0 saturated heterocycles. The van der Waals surface area contributed by atoms with Crippen molar-refractivity contribution in [1.29, 1.82) is 0 Å². The van der Waals surface area contributed by atoms with Crippen LogP contribution in [0.3, 0.4) is 0 Å². The number of hydrogen-bond donors (Lipinski definition) is 1. The van der Waals surface area contributed by atoms with E-state index < -0.39 is 0 Å². The molecule has 26 heavy (non-hydrogen) atoms. The molecule has 0 unspecified atom stereocenters. The molecule has 0 aromatic heterocycles. The first-order valence-corrected chi connectivity index (χ1v) is 8.71. The van der Waals surface area contributed by atoms with E-state index in [9.17, 15) is 9.18 Å². The fourth-order valence-corrected chi connectivity index (χ4v) is 2.87. The Hall–Kier alpha value is -2.89. The van der Waals surface area contributed by atoms with Crippen molar-refractivity contribution < 1.29 is 14.0 Å². The lowest BCUT2D eigenvalue weighted by Gasteiger charge is -2.25. The number of hydrogen-bond acceptors (Lipinski definition) is 3. The normalized spacial score (nSPS) is 15.9.